The van der Waals surface area contributed by atoms with Crippen molar-refractivity contribution in [1.82, 2.24) is 4.98 Å². The van der Waals surface area contributed by atoms with E-state index in [0.717, 1.165) is 44.2 Å². The molecule has 0 aliphatic rings. The molecular weight excluding hydrogens is 308 g/mol. The summed E-state index contributed by atoms with van der Waals surface area (Å²) in [5.41, 5.74) is 3.90. The molecule has 0 saturated carbocycles. The van der Waals surface area contributed by atoms with Crippen molar-refractivity contribution < 1.29 is 9.69 Å². The fourth-order valence-electron chi connectivity index (χ4n) is 3.06. The number of aryl methyl sites for hydroxylation is 1. The predicted octanol–water partition coefficient (Wildman–Crippen LogP) is 3.03. The first-order chi connectivity index (χ1) is 11.0. The lowest BCUT2D eigenvalue weighted by atomic mass is 10.1. The second kappa shape index (κ2) is 6.57. The maximum absolute atomic E-state index is 12.7. The maximum atomic E-state index is 12.7. The average molecular weight is 328 g/mol. The Hall–Kier alpha value is -2.10. The number of carbonyl (C=O) groups excluding carboxylic acids is 1. The van der Waals surface area contributed by atoms with Crippen LogP contribution < -0.4 is 4.90 Å². The number of likely N-dealkylation sites (N-methyl/N-ethyl adjacent to an activating group) is 1. The van der Waals surface area contributed by atoms with Crippen molar-refractivity contribution >= 4 is 28.3 Å². The number of aromatic amines is 1. The van der Waals surface area contributed by atoms with E-state index in [1.807, 2.05) is 62.5 Å². The second-order valence-electron chi connectivity index (χ2n) is 6.03. The number of para-hydroxylation sites is 1. The number of ketones is 1. The molecule has 0 saturated heterocycles. The van der Waals surface area contributed by atoms with E-state index in [-0.39, 0.29) is 5.78 Å². The number of carbonyl (C=O) groups is 1. The number of Topliss-reactive ketones (excluding diaryl/α,β-unsaturated/α-hetero) is 1. The van der Waals surface area contributed by atoms with Gasteiger partial charge in [-0.2, -0.15) is 0 Å². The van der Waals surface area contributed by atoms with E-state index in [9.17, 15) is 4.79 Å². The highest BCUT2D eigenvalue weighted by atomic mass is 35.5. The van der Waals surface area contributed by atoms with Gasteiger partial charge >= 0.3 is 0 Å². The standard InChI is InChI=1S/C19H19ClN2O/c1-13-19(16-8-3-4-9-17(16)21-13)18(23)12-22(2)11-14-6-5-7-15(20)10-14/h3-10,21H,11-12H2,1-2H3/p+1. The molecule has 2 aromatic carbocycles. The SMILES string of the molecule is Cc1[nH]c2ccccc2c1C(=O)C[NH+](C)Cc1cccc(Cl)c1. The highest BCUT2D eigenvalue weighted by Gasteiger charge is 2.19. The second-order valence-corrected chi connectivity index (χ2v) is 6.47. The van der Waals surface area contributed by atoms with Crippen molar-refractivity contribution in [3.05, 3.63) is 70.4 Å². The number of aromatic nitrogens is 1. The van der Waals surface area contributed by atoms with Crippen molar-refractivity contribution in [3.63, 3.8) is 0 Å². The zero-order valence-corrected chi connectivity index (χ0v) is 14.1. The number of nitrogens with one attached hydrogen (secondary N) is 2. The van der Waals surface area contributed by atoms with Crippen LogP contribution in [-0.4, -0.2) is 24.4 Å². The van der Waals surface area contributed by atoms with Crippen LogP contribution >= 0.6 is 11.6 Å². The van der Waals surface area contributed by atoms with Crippen LogP contribution in [0.2, 0.25) is 5.02 Å². The van der Waals surface area contributed by atoms with Crippen LogP contribution in [0.5, 0.6) is 0 Å². The summed E-state index contributed by atoms with van der Waals surface area (Å²) >= 11 is 6.02. The first-order valence-corrected chi connectivity index (χ1v) is 8.08. The molecule has 0 spiro atoms. The summed E-state index contributed by atoms with van der Waals surface area (Å²) in [5.74, 6) is 0.166. The zero-order chi connectivity index (χ0) is 16.4. The Kier molecular flexibility index (Phi) is 4.51. The molecule has 1 heterocycles. The van der Waals surface area contributed by atoms with Gasteiger partial charge in [0.2, 0.25) is 5.78 Å². The molecule has 2 N–H and O–H groups in total. The Morgan fingerprint density at radius 2 is 1.96 bits per heavy atom. The van der Waals surface area contributed by atoms with E-state index in [1.54, 1.807) is 0 Å². The monoisotopic (exact) mass is 327 g/mol. The number of quaternary nitrogens is 1. The van der Waals surface area contributed by atoms with Crippen molar-refractivity contribution in [2.24, 2.45) is 0 Å². The molecule has 0 aliphatic carbocycles. The molecular formula is C19H20ClN2O+. The third-order valence-electron chi connectivity index (χ3n) is 4.03. The first kappa shape index (κ1) is 15.8. The van der Waals surface area contributed by atoms with Gasteiger partial charge in [0.1, 0.15) is 13.1 Å². The lowest BCUT2D eigenvalue weighted by Crippen LogP contribution is -3.08. The number of benzene rings is 2. The normalized spacial score (nSPS) is 12.5. The van der Waals surface area contributed by atoms with Crippen LogP contribution in [0.3, 0.4) is 0 Å². The molecule has 1 aromatic heterocycles. The lowest BCUT2D eigenvalue weighted by Gasteiger charge is -2.13. The van der Waals surface area contributed by atoms with Gasteiger partial charge < -0.3 is 9.88 Å². The number of hydrogen-bond donors (Lipinski definition) is 2. The van der Waals surface area contributed by atoms with Crippen LogP contribution in [-0.2, 0) is 6.54 Å². The summed E-state index contributed by atoms with van der Waals surface area (Å²) in [7, 11) is 2.03. The Bertz CT molecular complexity index is 853. The quantitative estimate of drug-likeness (QED) is 0.694. The summed E-state index contributed by atoms with van der Waals surface area (Å²) in [6.07, 6.45) is 0. The highest BCUT2D eigenvalue weighted by molar-refractivity contribution is 6.30. The third-order valence-corrected chi connectivity index (χ3v) is 4.26. The molecule has 1 unspecified atom stereocenters. The Labute approximate surface area is 140 Å². The van der Waals surface area contributed by atoms with Crippen molar-refractivity contribution in [2.45, 2.75) is 13.5 Å². The molecule has 0 radical (unpaired) electrons. The number of halogens is 1. The molecule has 1 atom stereocenters. The molecule has 0 aliphatic heterocycles. The first-order valence-electron chi connectivity index (χ1n) is 7.71. The molecule has 0 bridgehead atoms. The molecule has 0 fully saturated rings. The molecule has 118 valence electrons. The van der Waals surface area contributed by atoms with Gasteiger partial charge in [-0.25, -0.2) is 0 Å². The van der Waals surface area contributed by atoms with E-state index in [0.29, 0.717) is 6.54 Å². The van der Waals surface area contributed by atoms with Crippen molar-refractivity contribution in [2.75, 3.05) is 13.6 Å². The fourth-order valence-corrected chi connectivity index (χ4v) is 3.27. The summed E-state index contributed by atoms with van der Waals surface area (Å²) in [6.45, 7) is 3.18. The van der Waals surface area contributed by atoms with Crippen LogP contribution in [0.15, 0.2) is 48.5 Å². The molecule has 3 nitrogen and oxygen atoms in total. The fraction of sp³-hybridized carbons (Fsp3) is 0.211. The minimum absolute atomic E-state index is 0.166. The van der Waals surface area contributed by atoms with Gasteiger partial charge in [-0.1, -0.05) is 41.9 Å². The molecule has 23 heavy (non-hydrogen) atoms. The number of fused-ring (bicyclic) bond motifs is 1. The minimum atomic E-state index is 0.166. The molecule has 0 amide bonds. The Morgan fingerprint density at radius 3 is 2.74 bits per heavy atom. The summed E-state index contributed by atoms with van der Waals surface area (Å²) in [4.78, 5) is 17.2. The van der Waals surface area contributed by atoms with Crippen LogP contribution in [0.4, 0.5) is 0 Å². The molecule has 4 heteroatoms. The zero-order valence-electron chi connectivity index (χ0n) is 13.3. The Morgan fingerprint density at radius 1 is 1.17 bits per heavy atom. The maximum Gasteiger partial charge on any atom is 0.219 e. The van der Waals surface area contributed by atoms with Crippen LogP contribution in [0.1, 0.15) is 21.6 Å². The van der Waals surface area contributed by atoms with Gasteiger partial charge in [-0.3, -0.25) is 4.79 Å². The van der Waals surface area contributed by atoms with E-state index in [1.165, 1.54) is 0 Å². The van der Waals surface area contributed by atoms with E-state index in [4.69, 9.17) is 11.6 Å². The van der Waals surface area contributed by atoms with E-state index >= 15 is 0 Å². The largest absolute Gasteiger partial charge is 0.358 e. The van der Waals surface area contributed by atoms with E-state index < -0.39 is 0 Å². The predicted molar refractivity (Wildman–Crippen MR) is 94.3 cm³/mol. The summed E-state index contributed by atoms with van der Waals surface area (Å²) in [5, 5.41) is 1.74. The highest BCUT2D eigenvalue weighted by Crippen LogP contribution is 2.21. The molecule has 3 aromatic rings. The Balaban J connectivity index is 1.76. The van der Waals surface area contributed by atoms with Gasteiger partial charge in [-0.15, -0.1) is 0 Å². The van der Waals surface area contributed by atoms with Crippen LogP contribution in [0.25, 0.3) is 10.9 Å². The molecule has 3 rings (SSSR count). The van der Waals surface area contributed by atoms with Crippen molar-refractivity contribution in [1.29, 1.82) is 0 Å². The van der Waals surface area contributed by atoms with Gasteiger partial charge in [0.15, 0.2) is 0 Å². The van der Waals surface area contributed by atoms with Crippen molar-refractivity contribution in [3.8, 4) is 0 Å². The average Bonchev–Trinajstić information content (AvgIpc) is 2.82. The smallest absolute Gasteiger partial charge is 0.219 e. The van der Waals surface area contributed by atoms with Crippen LogP contribution in [0, 0.1) is 6.92 Å². The third kappa shape index (κ3) is 3.46. The topological polar surface area (TPSA) is 37.3 Å². The van der Waals surface area contributed by atoms with Gasteiger partial charge in [0, 0.05) is 27.2 Å². The van der Waals surface area contributed by atoms with Gasteiger partial charge in [0.25, 0.3) is 0 Å². The summed E-state index contributed by atoms with van der Waals surface area (Å²) < 4.78 is 0. The lowest BCUT2D eigenvalue weighted by molar-refractivity contribution is -0.884. The van der Waals surface area contributed by atoms with Gasteiger partial charge in [0.05, 0.1) is 12.6 Å². The van der Waals surface area contributed by atoms with Gasteiger partial charge in [-0.05, 0) is 25.1 Å². The number of rotatable bonds is 5. The van der Waals surface area contributed by atoms with E-state index in [2.05, 4.69) is 4.98 Å². The summed E-state index contributed by atoms with van der Waals surface area (Å²) in [6, 6.07) is 15.7. The number of H-pyrrole nitrogens is 1. The number of hydrogen-bond acceptors (Lipinski definition) is 1. The minimum Gasteiger partial charge on any atom is -0.358 e.